The lowest BCUT2D eigenvalue weighted by atomic mass is 10.1. The summed E-state index contributed by atoms with van der Waals surface area (Å²) in [5.41, 5.74) is 1.64. The van der Waals surface area contributed by atoms with Crippen LogP contribution in [0.1, 0.15) is 17.3 Å². The monoisotopic (exact) mass is 389 g/mol. The second kappa shape index (κ2) is 8.20. The normalized spacial score (nSPS) is 14.1. The van der Waals surface area contributed by atoms with E-state index in [0.29, 0.717) is 59.8 Å². The standard InChI is InChI=1S/C19H23N3O6/c1-4-28-18(23)13-11-20-14-10-16(27-3)15(26-2)9-12(14)17(13)21-5-7-22(8-6-21)19(24)25/h9-11H,4-8H2,1-3H3,(H,24,25). The van der Waals surface area contributed by atoms with Crippen molar-refractivity contribution in [3.8, 4) is 11.5 Å². The maximum absolute atomic E-state index is 12.6. The van der Waals surface area contributed by atoms with E-state index < -0.39 is 12.1 Å². The Kier molecular flexibility index (Phi) is 5.72. The van der Waals surface area contributed by atoms with E-state index in [1.54, 1.807) is 26.2 Å². The van der Waals surface area contributed by atoms with Gasteiger partial charge >= 0.3 is 12.1 Å². The van der Waals surface area contributed by atoms with Crippen LogP contribution in [0.2, 0.25) is 0 Å². The van der Waals surface area contributed by atoms with Gasteiger partial charge in [-0.3, -0.25) is 4.98 Å². The molecule has 2 aromatic rings. The minimum Gasteiger partial charge on any atom is -0.493 e. The lowest BCUT2D eigenvalue weighted by Gasteiger charge is -2.36. The Morgan fingerprint density at radius 2 is 1.75 bits per heavy atom. The van der Waals surface area contributed by atoms with Gasteiger partial charge in [0.25, 0.3) is 0 Å². The third-order valence-corrected chi connectivity index (χ3v) is 4.71. The van der Waals surface area contributed by atoms with Crippen molar-refractivity contribution in [1.82, 2.24) is 9.88 Å². The number of anilines is 1. The lowest BCUT2D eigenvalue weighted by Crippen LogP contribution is -2.48. The number of hydrogen-bond donors (Lipinski definition) is 1. The Morgan fingerprint density at radius 1 is 1.11 bits per heavy atom. The lowest BCUT2D eigenvalue weighted by molar-refractivity contribution is 0.0526. The van der Waals surface area contributed by atoms with Crippen molar-refractivity contribution in [2.45, 2.75) is 6.92 Å². The van der Waals surface area contributed by atoms with Crippen molar-refractivity contribution in [2.75, 3.05) is 51.9 Å². The molecule has 0 saturated carbocycles. The number of nitrogens with zero attached hydrogens (tertiary/aromatic N) is 3. The van der Waals surface area contributed by atoms with Crippen LogP contribution in [0, 0.1) is 0 Å². The summed E-state index contributed by atoms with van der Waals surface area (Å²) in [5.74, 6) is 0.582. The van der Waals surface area contributed by atoms with Crippen molar-refractivity contribution in [1.29, 1.82) is 0 Å². The number of carbonyl (C=O) groups excluding carboxylic acids is 1. The predicted octanol–water partition coefficient (Wildman–Crippen LogP) is 2.23. The number of rotatable bonds is 5. The Balaban J connectivity index is 2.13. The van der Waals surface area contributed by atoms with Gasteiger partial charge in [0.05, 0.1) is 32.0 Å². The van der Waals surface area contributed by atoms with E-state index >= 15 is 0 Å². The van der Waals surface area contributed by atoms with Crippen molar-refractivity contribution in [3.63, 3.8) is 0 Å². The molecule has 0 spiro atoms. The molecule has 1 amide bonds. The highest BCUT2D eigenvalue weighted by atomic mass is 16.5. The van der Waals surface area contributed by atoms with E-state index in [0.717, 1.165) is 0 Å². The van der Waals surface area contributed by atoms with Crippen LogP contribution >= 0.6 is 0 Å². The van der Waals surface area contributed by atoms with Crippen LogP contribution in [0.4, 0.5) is 10.5 Å². The molecule has 1 N–H and O–H groups in total. The fourth-order valence-corrected chi connectivity index (χ4v) is 3.33. The summed E-state index contributed by atoms with van der Waals surface area (Å²) in [6, 6.07) is 3.53. The molecule has 0 radical (unpaired) electrons. The molecular formula is C19H23N3O6. The van der Waals surface area contributed by atoms with Crippen LogP contribution in [-0.2, 0) is 4.74 Å². The number of carboxylic acid groups (broad SMARTS) is 1. The second-order valence-electron chi connectivity index (χ2n) is 6.22. The molecular weight excluding hydrogens is 366 g/mol. The maximum Gasteiger partial charge on any atom is 0.407 e. The van der Waals surface area contributed by atoms with Crippen LogP contribution in [0.25, 0.3) is 10.9 Å². The van der Waals surface area contributed by atoms with Gasteiger partial charge in [-0.15, -0.1) is 0 Å². The largest absolute Gasteiger partial charge is 0.493 e. The zero-order valence-corrected chi connectivity index (χ0v) is 16.1. The van der Waals surface area contributed by atoms with Crippen LogP contribution in [-0.4, -0.2) is 74.1 Å². The zero-order valence-electron chi connectivity index (χ0n) is 16.1. The molecule has 1 aromatic carbocycles. The maximum atomic E-state index is 12.6. The van der Waals surface area contributed by atoms with E-state index in [4.69, 9.17) is 14.2 Å². The number of amides is 1. The van der Waals surface area contributed by atoms with Crippen LogP contribution in [0.5, 0.6) is 11.5 Å². The zero-order chi connectivity index (χ0) is 20.3. The first-order valence-corrected chi connectivity index (χ1v) is 8.94. The summed E-state index contributed by atoms with van der Waals surface area (Å²) in [4.78, 5) is 31.5. The molecule has 2 heterocycles. The molecule has 0 bridgehead atoms. The highest BCUT2D eigenvalue weighted by molar-refractivity contribution is 6.06. The van der Waals surface area contributed by atoms with Gasteiger partial charge in [-0.05, 0) is 13.0 Å². The number of esters is 1. The van der Waals surface area contributed by atoms with Crippen LogP contribution in [0.15, 0.2) is 18.3 Å². The first kappa shape index (κ1) is 19.5. The van der Waals surface area contributed by atoms with Crippen LogP contribution in [0.3, 0.4) is 0 Å². The van der Waals surface area contributed by atoms with Gasteiger partial charge in [0.1, 0.15) is 5.56 Å². The fourth-order valence-electron chi connectivity index (χ4n) is 3.33. The average Bonchev–Trinajstić information content (AvgIpc) is 2.71. The SMILES string of the molecule is CCOC(=O)c1cnc2cc(OC)c(OC)cc2c1N1CCN(C(=O)O)CC1. The molecule has 150 valence electrons. The number of pyridine rings is 1. The minimum atomic E-state index is -0.948. The van der Waals surface area contributed by atoms with E-state index in [9.17, 15) is 14.7 Å². The Labute approximate surface area is 162 Å². The van der Waals surface area contributed by atoms with Gasteiger partial charge in [-0.1, -0.05) is 0 Å². The van der Waals surface area contributed by atoms with Crippen LogP contribution < -0.4 is 14.4 Å². The van der Waals surface area contributed by atoms with Gasteiger partial charge in [0, 0.05) is 43.8 Å². The first-order valence-electron chi connectivity index (χ1n) is 8.94. The molecule has 1 aliphatic heterocycles. The number of fused-ring (bicyclic) bond motifs is 1. The van der Waals surface area contributed by atoms with Gasteiger partial charge in [-0.25, -0.2) is 9.59 Å². The second-order valence-corrected chi connectivity index (χ2v) is 6.22. The van der Waals surface area contributed by atoms with Crippen molar-refractivity contribution < 1.29 is 28.9 Å². The molecule has 1 aromatic heterocycles. The molecule has 0 unspecified atom stereocenters. The smallest absolute Gasteiger partial charge is 0.407 e. The molecule has 0 aliphatic carbocycles. The highest BCUT2D eigenvalue weighted by Crippen LogP contribution is 2.38. The average molecular weight is 389 g/mol. The third-order valence-electron chi connectivity index (χ3n) is 4.71. The predicted molar refractivity (Wildman–Crippen MR) is 103 cm³/mol. The van der Waals surface area contributed by atoms with Gasteiger partial charge in [0.15, 0.2) is 11.5 Å². The number of piperazine rings is 1. The van der Waals surface area contributed by atoms with E-state index in [1.165, 1.54) is 18.2 Å². The number of hydrogen-bond acceptors (Lipinski definition) is 7. The fraction of sp³-hybridized carbons (Fsp3) is 0.421. The number of aromatic nitrogens is 1. The number of ether oxygens (including phenoxy) is 3. The van der Waals surface area contributed by atoms with Crippen molar-refractivity contribution in [3.05, 3.63) is 23.9 Å². The third kappa shape index (κ3) is 3.60. The number of methoxy groups -OCH3 is 2. The molecule has 28 heavy (non-hydrogen) atoms. The Hall–Kier alpha value is -3.23. The van der Waals surface area contributed by atoms with E-state index in [-0.39, 0.29) is 6.61 Å². The van der Waals surface area contributed by atoms with Crippen molar-refractivity contribution >= 4 is 28.7 Å². The molecule has 1 aliphatic rings. The summed E-state index contributed by atoms with van der Waals surface area (Å²) in [6.45, 7) is 3.57. The molecule has 0 atom stereocenters. The summed E-state index contributed by atoms with van der Waals surface area (Å²) < 4.78 is 16.0. The Morgan fingerprint density at radius 3 is 2.32 bits per heavy atom. The van der Waals surface area contributed by atoms with Gasteiger partial charge in [0.2, 0.25) is 0 Å². The summed E-state index contributed by atoms with van der Waals surface area (Å²) in [6.07, 6.45) is 0.543. The minimum absolute atomic E-state index is 0.245. The number of benzene rings is 1. The topological polar surface area (TPSA) is 101 Å². The van der Waals surface area contributed by atoms with E-state index in [1.807, 2.05) is 4.90 Å². The van der Waals surface area contributed by atoms with Gasteiger partial charge < -0.3 is 29.1 Å². The van der Waals surface area contributed by atoms with Gasteiger partial charge in [-0.2, -0.15) is 0 Å². The summed E-state index contributed by atoms with van der Waals surface area (Å²) in [5, 5.41) is 9.91. The molecule has 1 saturated heterocycles. The quantitative estimate of drug-likeness (QED) is 0.777. The highest BCUT2D eigenvalue weighted by Gasteiger charge is 2.27. The molecule has 9 heteroatoms. The molecule has 1 fully saturated rings. The molecule has 3 rings (SSSR count). The van der Waals surface area contributed by atoms with E-state index in [2.05, 4.69) is 4.98 Å². The summed E-state index contributed by atoms with van der Waals surface area (Å²) in [7, 11) is 3.08. The number of carbonyl (C=O) groups is 2. The first-order chi connectivity index (χ1) is 13.5. The Bertz CT molecular complexity index is 893. The molecule has 9 nitrogen and oxygen atoms in total. The summed E-state index contributed by atoms with van der Waals surface area (Å²) >= 11 is 0. The van der Waals surface area contributed by atoms with Crippen molar-refractivity contribution in [2.24, 2.45) is 0 Å².